The average molecular weight is 289 g/mol. The van der Waals surface area contributed by atoms with E-state index in [1.807, 2.05) is 0 Å². The molecule has 1 aliphatic rings. The van der Waals surface area contributed by atoms with E-state index in [0.717, 1.165) is 12.8 Å². The molecule has 6 nitrogen and oxygen atoms in total. The topological polar surface area (TPSA) is 75.6 Å². The van der Waals surface area contributed by atoms with Crippen molar-refractivity contribution in [1.29, 1.82) is 0 Å². The van der Waals surface area contributed by atoms with Crippen LogP contribution < -0.4 is 10.9 Å². The molecule has 1 atom stereocenters. The first-order valence-electron chi connectivity index (χ1n) is 7.87. The molecule has 0 radical (unpaired) electrons. The van der Waals surface area contributed by atoms with Crippen molar-refractivity contribution in [3.05, 3.63) is 16.6 Å². The van der Waals surface area contributed by atoms with Gasteiger partial charge in [0.1, 0.15) is 5.39 Å². The Morgan fingerprint density at radius 3 is 2.95 bits per heavy atom. The van der Waals surface area contributed by atoms with E-state index in [2.05, 4.69) is 27.3 Å². The van der Waals surface area contributed by atoms with Crippen molar-refractivity contribution in [2.24, 2.45) is 13.0 Å². The van der Waals surface area contributed by atoms with E-state index in [9.17, 15) is 4.79 Å². The first-order valence-corrected chi connectivity index (χ1v) is 7.87. The van der Waals surface area contributed by atoms with Crippen molar-refractivity contribution >= 4 is 17.0 Å². The summed E-state index contributed by atoms with van der Waals surface area (Å²) in [7, 11) is 1.80. The molecular formula is C15H23N5O. The van der Waals surface area contributed by atoms with Crippen LogP contribution in [0.3, 0.4) is 0 Å². The number of hydrogen-bond donors (Lipinski definition) is 2. The minimum Gasteiger partial charge on any atom is -0.353 e. The summed E-state index contributed by atoms with van der Waals surface area (Å²) in [6.07, 6.45) is 8.98. The molecule has 2 heterocycles. The molecule has 114 valence electrons. The third kappa shape index (κ3) is 2.80. The number of nitrogens with one attached hydrogen (secondary N) is 2. The summed E-state index contributed by atoms with van der Waals surface area (Å²) in [4.78, 5) is 19.5. The third-order valence-corrected chi connectivity index (χ3v) is 4.49. The minimum atomic E-state index is -0.128. The maximum Gasteiger partial charge on any atom is 0.263 e. The highest BCUT2D eigenvalue weighted by atomic mass is 16.1. The fraction of sp³-hybridized carbons (Fsp3) is 0.667. The van der Waals surface area contributed by atoms with Gasteiger partial charge in [-0.1, -0.05) is 26.2 Å². The molecule has 0 amide bonds. The second-order valence-corrected chi connectivity index (χ2v) is 6.00. The van der Waals surface area contributed by atoms with Crippen LogP contribution in [0.25, 0.3) is 11.0 Å². The van der Waals surface area contributed by atoms with Gasteiger partial charge in [-0.15, -0.1) is 0 Å². The third-order valence-electron chi connectivity index (χ3n) is 4.49. The van der Waals surface area contributed by atoms with Crippen molar-refractivity contribution < 1.29 is 0 Å². The number of aryl methyl sites for hydroxylation is 1. The molecule has 0 bridgehead atoms. The first-order chi connectivity index (χ1) is 10.2. The lowest BCUT2D eigenvalue weighted by molar-refractivity contribution is 0.429. The second-order valence-electron chi connectivity index (χ2n) is 6.00. The predicted octanol–water partition coefficient (Wildman–Crippen LogP) is 2.43. The largest absolute Gasteiger partial charge is 0.353 e. The van der Waals surface area contributed by atoms with E-state index in [4.69, 9.17) is 0 Å². The molecule has 2 aromatic heterocycles. The molecule has 6 heteroatoms. The summed E-state index contributed by atoms with van der Waals surface area (Å²) in [6, 6.07) is 0.395. The standard InChI is InChI=1S/C15H23N5O/c1-3-6-12(10-7-4-5-8-10)17-15-18-13-11(14(21)19-15)9-16-20(13)2/h9-10,12H,3-8H2,1-2H3,(H2,17,18,19,21). The highest BCUT2D eigenvalue weighted by molar-refractivity contribution is 5.74. The van der Waals surface area contributed by atoms with Crippen molar-refractivity contribution in [1.82, 2.24) is 19.7 Å². The van der Waals surface area contributed by atoms with Gasteiger partial charge in [0.15, 0.2) is 5.65 Å². The van der Waals surface area contributed by atoms with E-state index in [0.29, 0.717) is 28.9 Å². The molecule has 0 spiro atoms. The van der Waals surface area contributed by atoms with E-state index < -0.39 is 0 Å². The summed E-state index contributed by atoms with van der Waals surface area (Å²) >= 11 is 0. The Labute approximate surface area is 124 Å². The molecular weight excluding hydrogens is 266 g/mol. The number of aromatic amines is 1. The van der Waals surface area contributed by atoms with Gasteiger partial charge in [0.2, 0.25) is 5.95 Å². The molecule has 0 aliphatic heterocycles. The predicted molar refractivity (Wildman–Crippen MR) is 83.4 cm³/mol. The minimum absolute atomic E-state index is 0.128. The number of H-pyrrole nitrogens is 1. The Kier molecular flexibility index (Phi) is 3.94. The number of anilines is 1. The second kappa shape index (κ2) is 5.87. The van der Waals surface area contributed by atoms with Gasteiger partial charge < -0.3 is 5.32 Å². The van der Waals surface area contributed by atoms with Gasteiger partial charge in [0, 0.05) is 13.1 Å². The summed E-state index contributed by atoms with van der Waals surface area (Å²) in [5.41, 5.74) is 0.500. The van der Waals surface area contributed by atoms with Crippen LogP contribution in [-0.4, -0.2) is 25.8 Å². The van der Waals surface area contributed by atoms with Crippen LogP contribution in [0, 0.1) is 5.92 Å². The van der Waals surface area contributed by atoms with E-state index in [1.165, 1.54) is 25.7 Å². The van der Waals surface area contributed by atoms with Gasteiger partial charge in [-0.3, -0.25) is 14.5 Å². The van der Waals surface area contributed by atoms with Crippen LogP contribution in [0.4, 0.5) is 5.95 Å². The SMILES string of the molecule is CCCC(Nc1nc2c(cnn2C)c(=O)[nH]1)C1CCCC1. The molecule has 0 saturated heterocycles. The summed E-state index contributed by atoms with van der Waals surface area (Å²) in [5.74, 6) is 1.26. The van der Waals surface area contributed by atoms with E-state index in [-0.39, 0.29) is 5.56 Å². The van der Waals surface area contributed by atoms with Crippen LogP contribution in [0.5, 0.6) is 0 Å². The lowest BCUT2D eigenvalue weighted by Crippen LogP contribution is -2.29. The van der Waals surface area contributed by atoms with Crippen molar-refractivity contribution in [2.75, 3.05) is 5.32 Å². The van der Waals surface area contributed by atoms with Crippen molar-refractivity contribution in [3.63, 3.8) is 0 Å². The Morgan fingerprint density at radius 1 is 1.48 bits per heavy atom. The zero-order valence-electron chi connectivity index (χ0n) is 12.7. The van der Waals surface area contributed by atoms with Gasteiger partial charge >= 0.3 is 0 Å². The first kappa shape index (κ1) is 14.1. The fourth-order valence-corrected chi connectivity index (χ4v) is 3.37. The number of rotatable bonds is 5. The van der Waals surface area contributed by atoms with Gasteiger partial charge in [0.05, 0.1) is 6.20 Å². The monoisotopic (exact) mass is 289 g/mol. The van der Waals surface area contributed by atoms with Gasteiger partial charge in [-0.05, 0) is 25.2 Å². The zero-order chi connectivity index (χ0) is 14.8. The molecule has 1 fully saturated rings. The molecule has 1 saturated carbocycles. The number of nitrogens with zero attached hydrogens (tertiary/aromatic N) is 3. The number of aromatic nitrogens is 4. The summed E-state index contributed by atoms with van der Waals surface area (Å²) < 4.78 is 1.64. The smallest absolute Gasteiger partial charge is 0.263 e. The molecule has 2 N–H and O–H groups in total. The van der Waals surface area contributed by atoms with Gasteiger partial charge in [-0.2, -0.15) is 10.1 Å². The van der Waals surface area contributed by atoms with Crippen LogP contribution in [-0.2, 0) is 7.05 Å². The molecule has 21 heavy (non-hydrogen) atoms. The van der Waals surface area contributed by atoms with Gasteiger partial charge in [0.25, 0.3) is 5.56 Å². The maximum atomic E-state index is 12.1. The Morgan fingerprint density at radius 2 is 2.24 bits per heavy atom. The lowest BCUT2D eigenvalue weighted by atomic mass is 9.94. The Balaban J connectivity index is 1.88. The summed E-state index contributed by atoms with van der Waals surface area (Å²) in [5, 5.41) is 8.10. The van der Waals surface area contributed by atoms with Crippen molar-refractivity contribution in [2.45, 2.75) is 51.5 Å². The molecule has 2 aromatic rings. The average Bonchev–Trinajstić information content (AvgIpc) is 3.09. The maximum absolute atomic E-state index is 12.1. The summed E-state index contributed by atoms with van der Waals surface area (Å²) in [6.45, 7) is 2.20. The normalized spacial score (nSPS) is 17.4. The van der Waals surface area contributed by atoms with Crippen LogP contribution in [0.2, 0.25) is 0 Å². The molecule has 1 aliphatic carbocycles. The lowest BCUT2D eigenvalue weighted by Gasteiger charge is -2.24. The zero-order valence-corrected chi connectivity index (χ0v) is 12.7. The Bertz CT molecular complexity index is 668. The van der Waals surface area contributed by atoms with Crippen LogP contribution >= 0.6 is 0 Å². The van der Waals surface area contributed by atoms with Crippen LogP contribution in [0.1, 0.15) is 45.4 Å². The highest BCUT2D eigenvalue weighted by Gasteiger charge is 2.25. The number of hydrogen-bond acceptors (Lipinski definition) is 4. The Hall–Kier alpha value is -1.85. The van der Waals surface area contributed by atoms with Gasteiger partial charge in [-0.25, -0.2) is 0 Å². The van der Waals surface area contributed by atoms with Crippen LogP contribution in [0.15, 0.2) is 11.0 Å². The number of fused-ring (bicyclic) bond motifs is 1. The molecule has 3 rings (SSSR count). The van der Waals surface area contributed by atoms with Crippen molar-refractivity contribution in [3.8, 4) is 0 Å². The highest BCUT2D eigenvalue weighted by Crippen LogP contribution is 2.30. The molecule has 0 aromatic carbocycles. The molecule has 1 unspecified atom stereocenters. The quantitative estimate of drug-likeness (QED) is 0.886. The van der Waals surface area contributed by atoms with E-state index in [1.54, 1.807) is 17.9 Å². The fourth-order valence-electron chi connectivity index (χ4n) is 3.37. The van der Waals surface area contributed by atoms with E-state index >= 15 is 0 Å².